The molecular weight excluding hydrogens is 189 g/mol. The van der Waals surface area contributed by atoms with Crippen molar-refractivity contribution in [3.63, 3.8) is 0 Å². The van der Waals surface area contributed by atoms with Gasteiger partial charge in [0.2, 0.25) is 0 Å². The van der Waals surface area contributed by atoms with Crippen molar-refractivity contribution in [1.82, 2.24) is 0 Å². The minimum atomic E-state index is -3.67. The van der Waals surface area contributed by atoms with E-state index in [1.807, 2.05) is 0 Å². The normalized spacial score (nSPS) is 8.00. The molecule has 0 heterocycles. The molecule has 0 unspecified atom stereocenters. The SMILES string of the molecule is FC(F)F.NC(=O)N=S(=O)=O. The lowest BCUT2D eigenvalue weighted by Gasteiger charge is -1.65. The summed E-state index contributed by atoms with van der Waals surface area (Å²) in [6.07, 6.45) is 0. The first-order valence-corrected chi connectivity index (χ1v) is 2.92. The van der Waals surface area contributed by atoms with Gasteiger partial charge in [0.15, 0.2) is 0 Å². The largest absolute Gasteiger partial charge is 0.379 e. The van der Waals surface area contributed by atoms with Crippen LogP contribution < -0.4 is 5.73 Å². The van der Waals surface area contributed by atoms with E-state index in [4.69, 9.17) is 0 Å². The zero-order valence-electron chi connectivity index (χ0n) is 4.87. The lowest BCUT2D eigenvalue weighted by Crippen LogP contribution is -2.02. The average Bonchev–Trinajstić information content (AvgIpc) is 1.56. The summed E-state index contributed by atoms with van der Waals surface area (Å²) >= 11 is 0. The highest BCUT2D eigenvalue weighted by Crippen LogP contribution is 1.87. The van der Waals surface area contributed by atoms with Crippen molar-refractivity contribution in [2.75, 3.05) is 0 Å². The van der Waals surface area contributed by atoms with Crippen molar-refractivity contribution < 1.29 is 26.4 Å². The predicted octanol–water partition coefficient (Wildman–Crippen LogP) is 0.306. The molecule has 11 heavy (non-hydrogen) atoms. The van der Waals surface area contributed by atoms with E-state index < -0.39 is 23.2 Å². The summed E-state index contributed by atoms with van der Waals surface area (Å²) in [4.78, 5) is 9.47. The molecule has 0 spiro atoms. The Morgan fingerprint density at radius 1 is 1.36 bits per heavy atom. The molecule has 0 aliphatic rings. The van der Waals surface area contributed by atoms with Gasteiger partial charge < -0.3 is 5.73 Å². The Bertz CT molecular complexity index is 224. The fraction of sp³-hybridized carbons (Fsp3) is 0.500. The van der Waals surface area contributed by atoms with Gasteiger partial charge in [-0.1, -0.05) is 4.36 Å². The maximum Gasteiger partial charge on any atom is 0.379 e. The quantitative estimate of drug-likeness (QED) is 0.598. The summed E-state index contributed by atoms with van der Waals surface area (Å²) < 4.78 is 50.0. The molecule has 0 aromatic rings. The topological polar surface area (TPSA) is 89.6 Å². The average molecular weight is 192 g/mol. The molecule has 0 aliphatic heterocycles. The minimum absolute atomic E-state index is 1.20. The number of carbonyl (C=O) groups excluding carboxylic acids is 1. The summed E-state index contributed by atoms with van der Waals surface area (Å²) in [7, 11) is -2.70. The van der Waals surface area contributed by atoms with Crippen LogP contribution in [-0.4, -0.2) is 21.1 Å². The van der Waals surface area contributed by atoms with Crippen molar-refractivity contribution in [2.24, 2.45) is 10.1 Å². The number of urea groups is 1. The van der Waals surface area contributed by atoms with Crippen LogP contribution in [0.5, 0.6) is 0 Å². The van der Waals surface area contributed by atoms with Gasteiger partial charge in [-0.2, -0.15) is 21.6 Å². The third-order valence-electron chi connectivity index (χ3n) is 0.165. The molecule has 0 aliphatic carbocycles. The van der Waals surface area contributed by atoms with Crippen LogP contribution in [0.4, 0.5) is 18.0 Å². The van der Waals surface area contributed by atoms with Crippen molar-refractivity contribution >= 4 is 16.5 Å². The molecular formula is C2H3F3N2O3S. The molecule has 0 fully saturated rings. The Labute approximate surface area is 60.7 Å². The minimum Gasteiger partial charge on any atom is -0.349 e. The first-order chi connectivity index (χ1) is 4.86. The molecule has 0 saturated carbocycles. The standard InChI is InChI=1S/CHF3.CH2N2O3S/c2-1(3)4;2-1(4)3-7(5)6/h1H;(H2,2,4). The molecule has 0 saturated heterocycles. The van der Waals surface area contributed by atoms with Crippen LogP contribution in [0, 0.1) is 0 Å². The number of nitrogens with zero attached hydrogens (tertiary/aromatic N) is 1. The summed E-state index contributed by atoms with van der Waals surface area (Å²) in [5.74, 6) is 0. The number of rotatable bonds is 0. The fourth-order valence-electron chi connectivity index (χ4n) is 0.0735. The van der Waals surface area contributed by atoms with E-state index >= 15 is 0 Å². The van der Waals surface area contributed by atoms with E-state index in [1.54, 1.807) is 0 Å². The Hall–Kier alpha value is -1.12. The number of hydrogen-bond donors (Lipinski definition) is 1. The second-order valence-corrected chi connectivity index (χ2v) is 1.51. The number of hydrogen-bond acceptors (Lipinski definition) is 3. The van der Waals surface area contributed by atoms with Crippen LogP contribution in [0.15, 0.2) is 4.36 Å². The number of carbonyl (C=O) groups is 1. The van der Waals surface area contributed by atoms with Gasteiger partial charge in [0.05, 0.1) is 0 Å². The Kier molecular flexibility index (Phi) is 7.98. The van der Waals surface area contributed by atoms with Crippen LogP contribution in [0.25, 0.3) is 0 Å². The highest BCUT2D eigenvalue weighted by Gasteiger charge is 1.86. The predicted molar refractivity (Wildman–Crippen MR) is 28.0 cm³/mol. The van der Waals surface area contributed by atoms with Gasteiger partial charge in [0.1, 0.15) is 0 Å². The molecule has 66 valence electrons. The second-order valence-electron chi connectivity index (χ2n) is 0.894. The van der Waals surface area contributed by atoms with Crippen LogP contribution >= 0.6 is 0 Å². The summed E-state index contributed by atoms with van der Waals surface area (Å²) in [5.41, 5.74) is 4.29. The molecule has 9 heteroatoms. The van der Waals surface area contributed by atoms with E-state index in [0.29, 0.717) is 0 Å². The first kappa shape index (κ1) is 12.5. The fourth-order valence-corrected chi connectivity index (χ4v) is 0.220. The number of amides is 2. The van der Waals surface area contributed by atoms with Crippen molar-refractivity contribution in [2.45, 2.75) is 6.68 Å². The van der Waals surface area contributed by atoms with Crippen molar-refractivity contribution in [1.29, 1.82) is 0 Å². The third kappa shape index (κ3) is 50.7. The number of primary amides is 1. The van der Waals surface area contributed by atoms with Gasteiger partial charge in [-0.25, -0.2) is 4.79 Å². The molecule has 2 amide bonds. The van der Waals surface area contributed by atoms with Gasteiger partial charge in [-0.15, -0.1) is 0 Å². The lowest BCUT2D eigenvalue weighted by atomic mass is 11.2. The van der Waals surface area contributed by atoms with Crippen molar-refractivity contribution in [3.05, 3.63) is 0 Å². The lowest BCUT2D eigenvalue weighted by molar-refractivity contribution is 0.00819. The Morgan fingerprint density at radius 3 is 1.64 bits per heavy atom. The van der Waals surface area contributed by atoms with E-state index in [-0.39, 0.29) is 0 Å². The highest BCUT2D eigenvalue weighted by molar-refractivity contribution is 7.62. The molecule has 5 nitrogen and oxygen atoms in total. The number of nitrogens with two attached hydrogens (primary N) is 1. The molecule has 0 bridgehead atoms. The maximum absolute atomic E-state index is 9.67. The molecule has 0 atom stereocenters. The monoisotopic (exact) mass is 192 g/mol. The van der Waals surface area contributed by atoms with Gasteiger partial charge in [0, 0.05) is 0 Å². The molecule has 2 N–H and O–H groups in total. The van der Waals surface area contributed by atoms with Crippen LogP contribution in [0.3, 0.4) is 0 Å². The van der Waals surface area contributed by atoms with Crippen LogP contribution in [-0.2, 0) is 10.5 Å². The van der Waals surface area contributed by atoms with E-state index in [0.717, 1.165) is 0 Å². The Morgan fingerprint density at radius 2 is 1.64 bits per heavy atom. The zero-order valence-corrected chi connectivity index (χ0v) is 5.69. The highest BCUT2D eigenvalue weighted by atomic mass is 32.2. The first-order valence-electron chi connectivity index (χ1n) is 1.89. The second kappa shape index (κ2) is 6.99. The summed E-state index contributed by atoms with van der Waals surface area (Å²) in [6, 6.07) is -1.20. The summed E-state index contributed by atoms with van der Waals surface area (Å²) in [5, 5.41) is 0. The van der Waals surface area contributed by atoms with Crippen LogP contribution in [0.1, 0.15) is 0 Å². The number of alkyl halides is 3. The van der Waals surface area contributed by atoms with Crippen LogP contribution in [0.2, 0.25) is 0 Å². The summed E-state index contributed by atoms with van der Waals surface area (Å²) in [6.45, 7) is -3.67. The number of halogens is 3. The maximum atomic E-state index is 9.67. The zero-order chi connectivity index (χ0) is 9.44. The molecule has 0 rings (SSSR count). The molecule has 0 aromatic heterocycles. The third-order valence-corrected chi connectivity index (χ3v) is 0.494. The van der Waals surface area contributed by atoms with E-state index in [1.165, 1.54) is 0 Å². The van der Waals surface area contributed by atoms with Crippen molar-refractivity contribution in [3.8, 4) is 0 Å². The van der Waals surface area contributed by atoms with E-state index in [9.17, 15) is 26.4 Å². The molecule has 0 aromatic carbocycles. The van der Waals surface area contributed by atoms with Gasteiger partial charge in [0.25, 0.3) is 0 Å². The van der Waals surface area contributed by atoms with Gasteiger partial charge >= 0.3 is 23.2 Å². The Balaban J connectivity index is 0. The van der Waals surface area contributed by atoms with Gasteiger partial charge in [-0.05, 0) is 0 Å². The smallest absolute Gasteiger partial charge is 0.349 e. The molecule has 0 radical (unpaired) electrons. The van der Waals surface area contributed by atoms with Gasteiger partial charge in [-0.3, -0.25) is 0 Å². The van der Waals surface area contributed by atoms with E-state index in [2.05, 4.69) is 10.1 Å².